The molecule has 1 aliphatic rings. The minimum Gasteiger partial charge on any atom is -0.445 e. The highest BCUT2D eigenvalue weighted by Gasteiger charge is 2.32. The normalized spacial score (nSPS) is 19.8. The standard InChI is InChI=1S/C22H28N4O5S/c1-13(2)18(26-22(30)31-12-14-6-4-3-5-7-14)20(28)25-16-10-15-11-24-17(32-15)8-9-23-21(29)19(16)27/h3-7,11,13,16,18,21,23,29H,8-10,12H2,1-2H3,(H,25,28)(H,26,30). The second kappa shape index (κ2) is 11.2. The molecule has 4 N–H and O–H groups in total. The minimum atomic E-state index is -1.40. The van der Waals surface area contributed by atoms with Crippen molar-refractivity contribution in [1.29, 1.82) is 0 Å². The first kappa shape index (κ1) is 23.8. The van der Waals surface area contributed by atoms with Gasteiger partial charge in [-0.3, -0.25) is 14.9 Å². The summed E-state index contributed by atoms with van der Waals surface area (Å²) in [5.41, 5.74) is 0.825. The molecule has 172 valence electrons. The van der Waals surface area contributed by atoms with E-state index < -0.39 is 36.1 Å². The lowest BCUT2D eigenvalue weighted by Crippen LogP contribution is -2.57. The van der Waals surface area contributed by atoms with Crippen molar-refractivity contribution in [3.05, 3.63) is 52.0 Å². The first-order chi connectivity index (χ1) is 15.3. The van der Waals surface area contributed by atoms with Crippen LogP contribution in [0.25, 0.3) is 0 Å². The molecular formula is C22H28N4O5S. The van der Waals surface area contributed by atoms with Crippen LogP contribution in [0, 0.1) is 5.92 Å². The lowest BCUT2D eigenvalue weighted by molar-refractivity contribution is -0.135. The van der Waals surface area contributed by atoms with E-state index in [1.165, 1.54) is 11.3 Å². The molecule has 0 fully saturated rings. The molecule has 2 bridgehead atoms. The van der Waals surface area contributed by atoms with Crippen molar-refractivity contribution in [2.24, 2.45) is 5.92 Å². The van der Waals surface area contributed by atoms with E-state index in [4.69, 9.17) is 4.74 Å². The van der Waals surface area contributed by atoms with Crippen LogP contribution < -0.4 is 16.0 Å². The van der Waals surface area contributed by atoms with E-state index in [1.54, 1.807) is 20.0 Å². The summed E-state index contributed by atoms with van der Waals surface area (Å²) in [6, 6.07) is 7.33. The van der Waals surface area contributed by atoms with Gasteiger partial charge in [-0.2, -0.15) is 0 Å². The third-order valence-corrected chi connectivity index (χ3v) is 6.13. The monoisotopic (exact) mass is 460 g/mol. The Balaban J connectivity index is 1.65. The molecule has 3 rings (SSSR count). The predicted molar refractivity (Wildman–Crippen MR) is 119 cm³/mol. The van der Waals surface area contributed by atoms with Gasteiger partial charge in [-0.15, -0.1) is 11.3 Å². The Labute approximate surface area is 190 Å². The highest BCUT2D eigenvalue weighted by atomic mass is 32.1. The Morgan fingerprint density at radius 3 is 2.78 bits per heavy atom. The summed E-state index contributed by atoms with van der Waals surface area (Å²) in [7, 11) is 0. The molecule has 1 aromatic carbocycles. The molecule has 0 spiro atoms. The lowest BCUT2D eigenvalue weighted by Gasteiger charge is -2.26. The van der Waals surface area contributed by atoms with Crippen LogP contribution in [0.4, 0.5) is 4.79 Å². The third-order valence-electron chi connectivity index (χ3n) is 5.05. The Morgan fingerprint density at radius 2 is 2.06 bits per heavy atom. The van der Waals surface area contributed by atoms with Crippen molar-refractivity contribution in [1.82, 2.24) is 20.9 Å². The van der Waals surface area contributed by atoms with Crippen LogP contribution in [-0.4, -0.2) is 52.7 Å². The zero-order chi connectivity index (χ0) is 23.1. The van der Waals surface area contributed by atoms with Crippen LogP contribution in [0.1, 0.15) is 29.3 Å². The number of alkyl carbamates (subject to hydrolysis) is 1. The van der Waals surface area contributed by atoms with Gasteiger partial charge in [0.15, 0.2) is 12.0 Å². The van der Waals surface area contributed by atoms with Gasteiger partial charge >= 0.3 is 6.09 Å². The second-order valence-electron chi connectivity index (χ2n) is 7.92. The Bertz CT molecular complexity index is 933. The van der Waals surface area contributed by atoms with Crippen molar-refractivity contribution in [3.63, 3.8) is 0 Å². The second-order valence-corrected chi connectivity index (χ2v) is 9.12. The molecule has 2 aromatic rings. The number of carbonyl (C=O) groups excluding carboxylic acids is 3. The predicted octanol–water partition coefficient (Wildman–Crippen LogP) is 1.15. The average Bonchev–Trinajstić information content (AvgIpc) is 3.21. The van der Waals surface area contributed by atoms with E-state index in [0.29, 0.717) is 13.0 Å². The number of ketones is 1. The molecule has 0 aliphatic carbocycles. The van der Waals surface area contributed by atoms with Gasteiger partial charge in [0.25, 0.3) is 0 Å². The summed E-state index contributed by atoms with van der Waals surface area (Å²) < 4.78 is 5.22. The van der Waals surface area contributed by atoms with Crippen molar-refractivity contribution >= 4 is 29.1 Å². The molecule has 2 amide bonds. The molecule has 3 atom stereocenters. The van der Waals surface area contributed by atoms with Crippen LogP contribution in [0.15, 0.2) is 36.5 Å². The van der Waals surface area contributed by atoms with Crippen LogP contribution >= 0.6 is 11.3 Å². The summed E-state index contributed by atoms with van der Waals surface area (Å²) in [5.74, 6) is -1.32. The number of thiazole rings is 1. The minimum absolute atomic E-state index is 0.0752. The largest absolute Gasteiger partial charge is 0.445 e. The van der Waals surface area contributed by atoms with E-state index >= 15 is 0 Å². The topological polar surface area (TPSA) is 130 Å². The summed E-state index contributed by atoms with van der Waals surface area (Å²) in [4.78, 5) is 43.1. The fourth-order valence-corrected chi connectivity index (χ4v) is 4.24. The Morgan fingerprint density at radius 1 is 1.31 bits per heavy atom. The number of carbonyl (C=O) groups is 3. The molecule has 2 heterocycles. The molecule has 1 aromatic heterocycles. The van der Waals surface area contributed by atoms with Gasteiger partial charge < -0.3 is 20.5 Å². The summed E-state index contributed by atoms with van der Waals surface area (Å²) in [6.45, 7) is 4.03. The molecule has 9 nitrogen and oxygen atoms in total. The number of nitrogens with one attached hydrogen (secondary N) is 3. The summed E-state index contributed by atoms with van der Waals surface area (Å²) in [6.07, 6.45) is 0.378. The highest BCUT2D eigenvalue weighted by molar-refractivity contribution is 7.11. The fourth-order valence-electron chi connectivity index (χ4n) is 3.28. The number of aliphatic hydroxyl groups excluding tert-OH is 1. The van der Waals surface area contributed by atoms with E-state index in [1.807, 2.05) is 30.3 Å². The number of rotatable bonds is 6. The quantitative estimate of drug-likeness (QED) is 0.509. The molecule has 32 heavy (non-hydrogen) atoms. The van der Waals surface area contributed by atoms with Gasteiger partial charge in [0, 0.05) is 30.5 Å². The number of ether oxygens (including phenoxy) is 1. The third kappa shape index (κ3) is 6.59. The maximum Gasteiger partial charge on any atom is 0.408 e. The number of aliphatic hydroxyl groups is 1. The van der Waals surface area contributed by atoms with E-state index in [-0.39, 0.29) is 18.9 Å². The van der Waals surface area contributed by atoms with Gasteiger partial charge in [-0.1, -0.05) is 44.2 Å². The zero-order valence-electron chi connectivity index (χ0n) is 18.0. The van der Waals surface area contributed by atoms with E-state index in [2.05, 4.69) is 20.9 Å². The van der Waals surface area contributed by atoms with Gasteiger partial charge in [0.05, 0.1) is 11.0 Å². The van der Waals surface area contributed by atoms with Crippen LogP contribution in [0.5, 0.6) is 0 Å². The van der Waals surface area contributed by atoms with Crippen molar-refractivity contribution < 1.29 is 24.2 Å². The molecule has 0 saturated heterocycles. The number of nitrogens with zero attached hydrogens (tertiary/aromatic N) is 1. The number of aromatic nitrogens is 1. The summed E-state index contributed by atoms with van der Waals surface area (Å²) in [5, 5.41) is 19.1. The van der Waals surface area contributed by atoms with E-state index in [0.717, 1.165) is 15.4 Å². The van der Waals surface area contributed by atoms with Crippen LogP contribution in [0.3, 0.4) is 0 Å². The molecular weight excluding hydrogens is 432 g/mol. The van der Waals surface area contributed by atoms with Crippen molar-refractivity contribution in [2.75, 3.05) is 6.54 Å². The number of amides is 2. The van der Waals surface area contributed by atoms with Crippen molar-refractivity contribution in [2.45, 2.75) is 51.6 Å². The maximum atomic E-state index is 13.0. The number of hydrogen-bond acceptors (Lipinski definition) is 8. The van der Waals surface area contributed by atoms with Gasteiger partial charge in [0.1, 0.15) is 12.6 Å². The smallest absolute Gasteiger partial charge is 0.408 e. The van der Waals surface area contributed by atoms with E-state index in [9.17, 15) is 19.5 Å². The van der Waals surface area contributed by atoms with Crippen molar-refractivity contribution in [3.8, 4) is 0 Å². The molecule has 1 aliphatic heterocycles. The number of Topliss-reactive ketones (excluding diaryl/α,β-unsaturated/α-hetero) is 1. The zero-order valence-corrected chi connectivity index (χ0v) is 18.9. The van der Waals surface area contributed by atoms with Crippen LogP contribution in [0.2, 0.25) is 0 Å². The first-order valence-corrected chi connectivity index (χ1v) is 11.3. The molecule has 10 heteroatoms. The summed E-state index contributed by atoms with van der Waals surface area (Å²) >= 11 is 1.47. The lowest BCUT2D eigenvalue weighted by atomic mass is 10.0. The average molecular weight is 461 g/mol. The number of benzene rings is 1. The Hall–Kier alpha value is -2.82. The van der Waals surface area contributed by atoms with Gasteiger partial charge in [0.2, 0.25) is 5.91 Å². The first-order valence-electron chi connectivity index (χ1n) is 10.5. The molecule has 0 radical (unpaired) electrons. The Kier molecular flexibility index (Phi) is 8.32. The molecule has 0 saturated carbocycles. The van der Waals surface area contributed by atoms with Gasteiger partial charge in [-0.05, 0) is 11.5 Å². The maximum absolute atomic E-state index is 13.0. The SMILES string of the molecule is CC(C)C(NC(=O)OCc1ccccc1)C(=O)NC1Cc2cnc(s2)CCNC(O)C1=O. The number of fused-ring (bicyclic) bond motifs is 2. The molecule has 3 unspecified atom stereocenters. The fraction of sp³-hybridized carbons (Fsp3) is 0.455. The number of hydrogen-bond donors (Lipinski definition) is 4. The van der Waals surface area contributed by atoms with Gasteiger partial charge in [-0.25, -0.2) is 9.78 Å². The van der Waals surface area contributed by atoms with Crippen LogP contribution in [-0.2, 0) is 33.8 Å². The highest BCUT2D eigenvalue weighted by Crippen LogP contribution is 2.17.